The third kappa shape index (κ3) is 6.18. The molecule has 196 valence electrons. The lowest BCUT2D eigenvalue weighted by molar-refractivity contribution is -0.127. The van der Waals surface area contributed by atoms with Crippen LogP contribution >= 0.6 is 11.5 Å². The number of amides is 3. The van der Waals surface area contributed by atoms with Gasteiger partial charge in [0.15, 0.2) is 5.69 Å². The number of nitrogens with zero attached hydrogens (tertiary/aromatic N) is 2. The number of aromatic hydroxyl groups is 1. The molecule has 37 heavy (non-hydrogen) atoms. The molecule has 3 rings (SSSR count). The zero-order valence-electron chi connectivity index (χ0n) is 21.1. The second-order valence-electron chi connectivity index (χ2n) is 9.10. The van der Waals surface area contributed by atoms with E-state index in [9.17, 15) is 19.5 Å². The highest BCUT2D eigenvalue weighted by Gasteiger charge is 2.37. The van der Waals surface area contributed by atoms with Gasteiger partial charge in [-0.3, -0.25) is 14.4 Å². The average Bonchev–Trinajstić information content (AvgIpc) is 3.25. The maximum atomic E-state index is 14.0. The summed E-state index contributed by atoms with van der Waals surface area (Å²) >= 11 is 0.736. The van der Waals surface area contributed by atoms with Crippen molar-refractivity contribution in [3.05, 3.63) is 70.2 Å². The van der Waals surface area contributed by atoms with E-state index >= 15 is 0 Å². The van der Waals surface area contributed by atoms with E-state index in [0.717, 1.165) is 11.5 Å². The zero-order valence-corrected chi connectivity index (χ0v) is 22.0. The van der Waals surface area contributed by atoms with E-state index in [1.807, 2.05) is 20.8 Å². The van der Waals surface area contributed by atoms with E-state index in [4.69, 9.17) is 16.2 Å². The number of methoxy groups -OCH3 is 1. The second-order valence-corrected chi connectivity index (χ2v) is 9.88. The highest BCUT2D eigenvalue weighted by molar-refractivity contribution is 7.09. The van der Waals surface area contributed by atoms with Crippen LogP contribution in [0, 0.1) is 0 Å². The number of ether oxygens (including phenoxy) is 1. The first kappa shape index (κ1) is 27.5. The van der Waals surface area contributed by atoms with Crippen LogP contribution in [0.4, 0.5) is 5.69 Å². The van der Waals surface area contributed by atoms with Crippen molar-refractivity contribution >= 4 is 34.9 Å². The molecule has 10 nitrogen and oxygen atoms in total. The minimum atomic E-state index is -1.12. The van der Waals surface area contributed by atoms with Gasteiger partial charge in [-0.1, -0.05) is 37.3 Å². The van der Waals surface area contributed by atoms with Gasteiger partial charge < -0.3 is 31.5 Å². The number of para-hydroxylation sites is 1. The molecule has 6 N–H and O–H groups in total. The summed E-state index contributed by atoms with van der Waals surface area (Å²) in [6, 6.07) is 12.0. The van der Waals surface area contributed by atoms with E-state index in [1.165, 1.54) is 24.1 Å². The first-order valence-electron chi connectivity index (χ1n) is 11.6. The fraction of sp³-hybridized carbons (Fsp3) is 0.308. The Bertz CT molecular complexity index is 1290. The van der Waals surface area contributed by atoms with Crippen LogP contribution in [0.25, 0.3) is 0 Å². The summed E-state index contributed by atoms with van der Waals surface area (Å²) in [5.41, 5.74) is 11.6. The lowest BCUT2D eigenvalue weighted by atomic mass is 9.98. The lowest BCUT2D eigenvalue weighted by Gasteiger charge is -2.34. The molecule has 3 aromatic rings. The van der Waals surface area contributed by atoms with Gasteiger partial charge in [0, 0.05) is 11.1 Å². The maximum absolute atomic E-state index is 14.0. The Morgan fingerprint density at radius 1 is 1.16 bits per heavy atom. The van der Waals surface area contributed by atoms with Gasteiger partial charge in [-0.2, -0.15) is 4.37 Å². The number of hydrogen-bond acceptors (Lipinski definition) is 8. The van der Waals surface area contributed by atoms with Crippen LogP contribution in [0.5, 0.6) is 11.5 Å². The standard InChI is InChI=1S/C26H31N5O5S/c1-5-26(2,3)29-24(34)21(15-10-12-17(32)13-11-15)31(14-16-8-6-7-9-18(16)36-4)25(35)22-19(27)20(23(28)33)30-37-22/h6-13,21,32H,5,14,27H2,1-4H3,(H2,28,33)(H,29,34). The van der Waals surface area contributed by atoms with Gasteiger partial charge in [0.25, 0.3) is 11.8 Å². The number of nitrogens with one attached hydrogen (secondary N) is 1. The first-order chi connectivity index (χ1) is 17.5. The van der Waals surface area contributed by atoms with Crippen molar-refractivity contribution < 1.29 is 24.2 Å². The summed E-state index contributed by atoms with van der Waals surface area (Å²) in [4.78, 5) is 40.9. The fourth-order valence-corrected chi connectivity index (χ4v) is 4.44. The Labute approximate surface area is 219 Å². The van der Waals surface area contributed by atoms with Crippen LogP contribution in [-0.2, 0) is 11.3 Å². The highest BCUT2D eigenvalue weighted by atomic mass is 32.1. The summed E-state index contributed by atoms with van der Waals surface area (Å²) in [6.07, 6.45) is 0.644. The molecule has 0 spiro atoms. The van der Waals surface area contributed by atoms with Gasteiger partial charge in [0.1, 0.15) is 22.4 Å². The van der Waals surface area contributed by atoms with Crippen LogP contribution < -0.4 is 21.5 Å². The molecule has 0 aliphatic heterocycles. The Morgan fingerprint density at radius 3 is 2.38 bits per heavy atom. The van der Waals surface area contributed by atoms with E-state index in [-0.39, 0.29) is 28.6 Å². The number of phenolic OH excluding ortho intramolecular Hbond substituents is 1. The number of carbonyl (C=O) groups excluding carboxylic acids is 3. The fourth-order valence-electron chi connectivity index (χ4n) is 3.68. The molecular formula is C26H31N5O5S. The smallest absolute Gasteiger partial charge is 0.270 e. The summed E-state index contributed by atoms with van der Waals surface area (Å²) in [5, 5.41) is 12.9. The molecule has 0 aliphatic rings. The summed E-state index contributed by atoms with van der Waals surface area (Å²) < 4.78 is 9.44. The third-order valence-electron chi connectivity index (χ3n) is 6.06. The van der Waals surface area contributed by atoms with Crippen LogP contribution in [0.1, 0.15) is 64.5 Å². The molecule has 0 aliphatic carbocycles. The van der Waals surface area contributed by atoms with Crippen molar-refractivity contribution in [1.82, 2.24) is 14.6 Å². The van der Waals surface area contributed by atoms with Crippen LogP contribution in [0.15, 0.2) is 48.5 Å². The first-order valence-corrected chi connectivity index (χ1v) is 12.3. The largest absolute Gasteiger partial charge is 0.508 e. The summed E-state index contributed by atoms with van der Waals surface area (Å²) in [6.45, 7) is 5.67. The van der Waals surface area contributed by atoms with Crippen molar-refractivity contribution in [1.29, 1.82) is 0 Å². The Kier molecular flexibility index (Phi) is 8.38. The molecule has 1 aromatic heterocycles. The van der Waals surface area contributed by atoms with E-state index < -0.39 is 29.3 Å². The molecule has 0 radical (unpaired) electrons. The number of primary amides is 1. The van der Waals surface area contributed by atoms with Gasteiger partial charge >= 0.3 is 0 Å². The Morgan fingerprint density at radius 2 is 1.81 bits per heavy atom. The van der Waals surface area contributed by atoms with Crippen LogP contribution in [0.2, 0.25) is 0 Å². The summed E-state index contributed by atoms with van der Waals surface area (Å²) in [7, 11) is 1.51. The van der Waals surface area contributed by atoms with Crippen molar-refractivity contribution in [2.45, 2.75) is 45.3 Å². The quantitative estimate of drug-likeness (QED) is 0.316. The Balaban J connectivity index is 2.20. The molecule has 0 fully saturated rings. The number of nitrogen functional groups attached to an aromatic ring is 1. The SMILES string of the molecule is CCC(C)(C)NC(=O)C(c1ccc(O)cc1)N(Cc1ccccc1OC)C(=O)c1snc(C(N)=O)c1N. The van der Waals surface area contributed by atoms with Gasteiger partial charge in [0.05, 0.1) is 19.3 Å². The minimum Gasteiger partial charge on any atom is -0.508 e. The van der Waals surface area contributed by atoms with Crippen LogP contribution in [-0.4, -0.2) is 44.8 Å². The van der Waals surface area contributed by atoms with Crippen LogP contribution in [0.3, 0.4) is 0 Å². The molecule has 0 bridgehead atoms. The van der Waals surface area contributed by atoms with Gasteiger partial charge in [0.2, 0.25) is 5.91 Å². The van der Waals surface area contributed by atoms with Gasteiger partial charge in [-0.15, -0.1) is 0 Å². The van der Waals surface area contributed by atoms with Crippen molar-refractivity contribution in [2.75, 3.05) is 12.8 Å². The minimum absolute atomic E-state index is 0.0113. The number of hydrogen-bond donors (Lipinski definition) is 4. The maximum Gasteiger partial charge on any atom is 0.270 e. The molecule has 11 heteroatoms. The molecular weight excluding hydrogens is 494 g/mol. The Hall–Kier alpha value is -4.12. The number of aromatic nitrogens is 1. The zero-order chi connectivity index (χ0) is 27.3. The van der Waals surface area contributed by atoms with Crippen molar-refractivity contribution in [3.8, 4) is 11.5 Å². The molecule has 0 saturated carbocycles. The van der Waals surface area contributed by atoms with E-state index in [2.05, 4.69) is 9.69 Å². The average molecular weight is 526 g/mol. The number of anilines is 1. The van der Waals surface area contributed by atoms with Gasteiger partial charge in [-0.25, -0.2) is 0 Å². The number of benzene rings is 2. The molecule has 1 unspecified atom stereocenters. The molecule has 1 heterocycles. The van der Waals surface area contributed by atoms with Crippen molar-refractivity contribution in [2.24, 2.45) is 5.73 Å². The number of carbonyl (C=O) groups is 3. The van der Waals surface area contributed by atoms with E-state index in [1.54, 1.807) is 36.4 Å². The predicted octanol–water partition coefficient (Wildman–Crippen LogP) is 3.23. The summed E-state index contributed by atoms with van der Waals surface area (Å²) in [5.74, 6) is -1.37. The topological polar surface area (TPSA) is 161 Å². The molecule has 1 atom stereocenters. The highest BCUT2D eigenvalue weighted by Crippen LogP contribution is 2.33. The molecule has 2 aromatic carbocycles. The van der Waals surface area contributed by atoms with E-state index in [0.29, 0.717) is 23.3 Å². The second kappa shape index (κ2) is 11.3. The lowest BCUT2D eigenvalue weighted by Crippen LogP contribution is -2.50. The van der Waals surface area contributed by atoms with Gasteiger partial charge in [-0.05, 0) is 55.6 Å². The number of rotatable bonds is 10. The molecule has 0 saturated heterocycles. The predicted molar refractivity (Wildman–Crippen MR) is 141 cm³/mol. The monoisotopic (exact) mass is 525 g/mol. The number of nitrogens with two attached hydrogens (primary N) is 2. The van der Waals surface area contributed by atoms with Crippen molar-refractivity contribution in [3.63, 3.8) is 0 Å². The molecule has 3 amide bonds. The third-order valence-corrected chi connectivity index (χ3v) is 6.91. The normalized spacial score (nSPS) is 12.0. The number of phenols is 1.